The number of nitrogens with one attached hydrogen (secondary N) is 1. The minimum Gasteiger partial charge on any atom is -0.482 e. The molecule has 192 valence electrons. The topological polar surface area (TPSA) is 96.1 Å². The van der Waals surface area contributed by atoms with E-state index in [1.54, 1.807) is 29.9 Å². The summed E-state index contributed by atoms with van der Waals surface area (Å²) in [5, 5.41) is 12.3. The number of carbonyl (C=O) groups is 1. The minimum absolute atomic E-state index is 0.179. The maximum absolute atomic E-state index is 14.5. The molecule has 1 unspecified atom stereocenters. The number of halogens is 2. The summed E-state index contributed by atoms with van der Waals surface area (Å²) >= 11 is 6.66. The lowest BCUT2D eigenvalue weighted by Crippen LogP contribution is -2.16. The number of ether oxygens (including phenoxy) is 2. The average molecular weight is 525 g/mol. The first-order valence-electron chi connectivity index (χ1n) is 12.0. The van der Waals surface area contributed by atoms with Gasteiger partial charge in [0.25, 0.3) is 0 Å². The molecule has 37 heavy (non-hydrogen) atoms. The Bertz CT molecular complexity index is 1500. The molecule has 0 spiro atoms. The molecular weight excluding hydrogens is 499 g/mol. The fourth-order valence-electron chi connectivity index (χ4n) is 4.62. The van der Waals surface area contributed by atoms with Crippen LogP contribution in [0.4, 0.5) is 15.0 Å². The maximum Gasteiger partial charge on any atom is 0.412 e. The van der Waals surface area contributed by atoms with Gasteiger partial charge >= 0.3 is 6.09 Å². The third-order valence-corrected chi connectivity index (χ3v) is 6.51. The largest absolute Gasteiger partial charge is 0.482 e. The van der Waals surface area contributed by atoms with Crippen LogP contribution in [-0.4, -0.2) is 37.2 Å². The third kappa shape index (κ3) is 4.64. The first-order valence-corrected chi connectivity index (χ1v) is 12.3. The molecule has 1 atom stereocenters. The molecule has 11 heteroatoms. The molecule has 4 aromatic rings. The lowest BCUT2D eigenvalue weighted by Gasteiger charge is -2.21. The lowest BCUT2D eigenvalue weighted by molar-refractivity contribution is 0.167. The number of pyridine rings is 1. The second-order valence-corrected chi connectivity index (χ2v) is 9.05. The predicted molar refractivity (Wildman–Crippen MR) is 137 cm³/mol. The monoisotopic (exact) mass is 524 g/mol. The van der Waals surface area contributed by atoms with E-state index in [-0.39, 0.29) is 12.4 Å². The van der Waals surface area contributed by atoms with Gasteiger partial charge in [-0.25, -0.2) is 14.2 Å². The van der Waals surface area contributed by atoms with Crippen LogP contribution in [0, 0.1) is 5.82 Å². The summed E-state index contributed by atoms with van der Waals surface area (Å²) in [5.74, 6) is 0.0730. The van der Waals surface area contributed by atoms with Gasteiger partial charge in [0, 0.05) is 60.2 Å². The van der Waals surface area contributed by atoms with E-state index in [2.05, 4.69) is 15.4 Å². The molecule has 1 N–H and O–H groups in total. The van der Waals surface area contributed by atoms with E-state index in [1.165, 1.54) is 12.1 Å². The molecule has 1 aromatic carbocycles. The Kier molecular flexibility index (Phi) is 6.59. The second kappa shape index (κ2) is 9.85. The molecule has 5 rings (SSSR count). The van der Waals surface area contributed by atoms with Gasteiger partial charge < -0.3 is 9.47 Å². The van der Waals surface area contributed by atoms with Gasteiger partial charge in [0.1, 0.15) is 11.9 Å². The summed E-state index contributed by atoms with van der Waals surface area (Å²) in [5.41, 5.74) is 5.24. The Morgan fingerprint density at radius 1 is 1.30 bits per heavy atom. The highest BCUT2D eigenvalue weighted by molar-refractivity contribution is 6.30. The fourth-order valence-corrected chi connectivity index (χ4v) is 4.87. The third-order valence-electron chi connectivity index (χ3n) is 6.21. The predicted octanol–water partition coefficient (Wildman–Crippen LogP) is 5.77. The van der Waals surface area contributed by atoms with Crippen molar-refractivity contribution >= 4 is 23.5 Å². The van der Waals surface area contributed by atoms with Gasteiger partial charge in [-0.1, -0.05) is 11.6 Å². The standard InChI is InChI=1S/C26H26ClFN6O3/c1-5-34-23-15-10-21(25(29-12-15)30-26(35)36-6-2)37-14(3)19-11-17(28)7-8-18(19)22-16(13-33(4)31-22)9-20(23)24(27)32-34/h7-8,10-14H,5-6,9H2,1-4H3,(H,29,30,35). The number of rotatable bonds is 3. The number of anilines is 1. The molecule has 0 aliphatic carbocycles. The van der Waals surface area contributed by atoms with Crippen LogP contribution in [0.1, 0.15) is 43.6 Å². The molecule has 0 saturated heterocycles. The van der Waals surface area contributed by atoms with Gasteiger partial charge in [0.2, 0.25) is 0 Å². The SMILES string of the molecule is CCOC(=O)Nc1ncc2cc1OC(C)c1cc(F)ccc1-c1nn(C)cc1Cc1c(Cl)nn(CC)c1-2. The summed E-state index contributed by atoms with van der Waals surface area (Å²) in [4.78, 5) is 16.7. The Balaban J connectivity index is 1.77. The van der Waals surface area contributed by atoms with Gasteiger partial charge in [-0.3, -0.25) is 14.7 Å². The van der Waals surface area contributed by atoms with E-state index < -0.39 is 18.0 Å². The van der Waals surface area contributed by atoms with Crippen molar-refractivity contribution in [2.45, 2.75) is 39.8 Å². The zero-order valence-corrected chi connectivity index (χ0v) is 21.6. The highest BCUT2D eigenvalue weighted by Gasteiger charge is 2.26. The van der Waals surface area contributed by atoms with Crippen molar-refractivity contribution in [1.29, 1.82) is 0 Å². The summed E-state index contributed by atoms with van der Waals surface area (Å²) in [7, 11) is 1.84. The molecule has 0 saturated carbocycles. The van der Waals surface area contributed by atoms with Crippen LogP contribution in [0.15, 0.2) is 36.7 Å². The normalized spacial score (nSPS) is 14.4. The van der Waals surface area contributed by atoms with Crippen LogP contribution in [0.2, 0.25) is 5.15 Å². The van der Waals surface area contributed by atoms with Crippen molar-refractivity contribution in [3.63, 3.8) is 0 Å². The van der Waals surface area contributed by atoms with E-state index in [0.29, 0.717) is 40.7 Å². The molecule has 1 amide bonds. The summed E-state index contributed by atoms with van der Waals surface area (Å²) in [6.07, 6.45) is 2.74. The number of fused-ring (bicyclic) bond motifs is 7. The Morgan fingerprint density at radius 3 is 2.86 bits per heavy atom. The van der Waals surface area contributed by atoms with Gasteiger partial charge in [-0.15, -0.1) is 0 Å². The molecule has 1 aliphatic rings. The fraction of sp³-hybridized carbons (Fsp3) is 0.308. The Hall–Kier alpha value is -3.92. The number of hydrogen-bond acceptors (Lipinski definition) is 6. The van der Waals surface area contributed by atoms with Crippen LogP contribution in [0.25, 0.3) is 22.5 Å². The van der Waals surface area contributed by atoms with Crippen LogP contribution in [-0.2, 0) is 24.8 Å². The van der Waals surface area contributed by atoms with Gasteiger partial charge in [-0.2, -0.15) is 10.2 Å². The number of carbonyl (C=O) groups excluding carboxylic acids is 1. The smallest absolute Gasteiger partial charge is 0.412 e. The summed E-state index contributed by atoms with van der Waals surface area (Å²) < 4.78 is 29.4. The highest BCUT2D eigenvalue weighted by atomic mass is 35.5. The van der Waals surface area contributed by atoms with Crippen LogP contribution >= 0.6 is 11.6 Å². The Morgan fingerprint density at radius 2 is 2.11 bits per heavy atom. The molecule has 9 nitrogen and oxygen atoms in total. The number of aromatic nitrogens is 5. The highest BCUT2D eigenvalue weighted by Crippen LogP contribution is 2.40. The van der Waals surface area contributed by atoms with E-state index >= 15 is 0 Å². The maximum atomic E-state index is 14.5. The van der Waals surface area contributed by atoms with Crippen LogP contribution in [0.3, 0.4) is 0 Å². The minimum atomic E-state index is -0.659. The molecule has 2 bridgehead atoms. The number of hydrogen-bond donors (Lipinski definition) is 1. The molecular formula is C26H26ClFN6O3. The Labute approximate surface area is 218 Å². The van der Waals surface area contributed by atoms with Gasteiger partial charge in [0.15, 0.2) is 16.7 Å². The van der Waals surface area contributed by atoms with Crippen molar-refractivity contribution in [3.05, 3.63) is 64.3 Å². The summed E-state index contributed by atoms with van der Waals surface area (Å²) in [6.45, 7) is 6.28. The number of benzene rings is 1. The van der Waals surface area contributed by atoms with E-state index in [1.807, 2.05) is 31.8 Å². The number of nitrogens with zero attached hydrogens (tertiary/aromatic N) is 5. The van der Waals surface area contributed by atoms with E-state index in [4.69, 9.17) is 26.2 Å². The van der Waals surface area contributed by atoms with E-state index in [0.717, 1.165) is 22.4 Å². The lowest BCUT2D eigenvalue weighted by atomic mass is 9.94. The second-order valence-electron chi connectivity index (χ2n) is 8.69. The molecule has 0 radical (unpaired) electrons. The zero-order valence-electron chi connectivity index (χ0n) is 20.9. The van der Waals surface area contributed by atoms with Gasteiger partial charge in [-0.05, 0) is 45.0 Å². The molecule has 1 aliphatic heterocycles. The van der Waals surface area contributed by atoms with Crippen molar-refractivity contribution in [2.75, 3.05) is 11.9 Å². The van der Waals surface area contributed by atoms with Crippen molar-refractivity contribution in [2.24, 2.45) is 7.05 Å². The first kappa shape index (κ1) is 24.8. The summed E-state index contributed by atoms with van der Waals surface area (Å²) in [6, 6.07) is 6.32. The quantitative estimate of drug-likeness (QED) is 0.365. The van der Waals surface area contributed by atoms with Crippen molar-refractivity contribution < 1.29 is 18.7 Å². The number of aryl methyl sites for hydroxylation is 2. The average Bonchev–Trinajstić information content (AvgIpc) is 3.38. The molecule has 4 heterocycles. The number of amides is 1. The first-order chi connectivity index (χ1) is 17.8. The van der Waals surface area contributed by atoms with Crippen LogP contribution in [0.5, 0.6) is 5.75 Å². The van der Waals surface area contributed by atoms with Gasteiger partial charge in [0.05, 0.1) is 18.0 Å². The van der Waals surface area contributed by atoms with Crippen molar-refractivity contribution in [1.82, 2.24) is 24.5 Å². The van der Waals surface area contributed by atoms with Crippen LogP contribution < -0.4 is 10.1 Å². The van der Waals surface area contributed by atoms with Crippen molar-refractivity contribution in [3.8, 4) is 28.3 Å². The molecule has 3 aromatic heterocycles. The molecule has 0 fully saturated rings. The zero-order chi connectivity index (χ0) is 26.3. The van der Waals surface area contributed by atoms with E-state index in [9.17, 15) is 9.18 Å².